The van der Waals surface area contributed by atoms with Crippen LogP contribution in [0.4, 0.5) is 0 Å². The lowest BCUT2D eigenvalue weighted by Gasteiger charge is -2.05. The minimum absolute atomic E-state index is 0.275. The largest absolute Gasteiger partial charge is 0.472 e. The number of carbonyl (C=O) groups excluding carboxylic acids is 1. The predicted molar refractivity (Wildman–Crippen MR) is 155 cm³/mol. The molecular formula is C33H60O3. The molecule has 1 aromatic rings. The van der Waals surface area contributed by atoms with Crippen molar-refractivity contribution in [2.75, 3.05) is 6.61 Å². The molecule has 36 heavy (non-hydrogen) atoms. The predicted octanol–water partition coefficient (Wildman–Crippen LogP) is 11.6. The first kappa shape index (κ1) is 32.8. The molecule has 0 atom stereocenters. The van der Waals surface area contributed by atoms with Gasteiger partial charge in [-0.3, -0.25) is 0 Å². The molecule has 1 heterocycles. The summed E-state index contributed by atoms with van der Waals surface area (Å²) in [5.74, 6) is -0.275. The summed E-state index contributed by atoms with van der Waals surface area (Å²) in [6.45, 7) is 2.81. The first-order chi connectivity index (χ1) is 17.8. The molecule has 3 nitrogen and oxygen atoms in total. The van der Waals surface area contributed by atoms with Gasteiger partial charge in [0.15, 0.2) is 0 Å². The molecule has 210 valence electrons. The molecule has 0 saturated carbocycles. The number of unbranched alkanes of at least 4 members (excludes halogenated alkanes) is 25. The van der Waals surface area contributed by atoms with Crippen molar-refractivity contribution in [3.63, 3.8) is 0 Å². The van der Waals surface area contributed by atoms with Gasteiger partial charge in [-0.25, -0.2) is 4.79 Å². The Morgan fingerprint density at radius 2 is 0.889 bits per heavy atom. The molecular weight excluding hydrogens is 444 g/mol. The van der Waals surface area contributed by atoms with E-state index in [1.165, 1.54) is 167 Å². The highest BCUT2D eigenvalue weighted by molar-refractivity contribution is 5.88. The molecule has 0 amide bonds. The van der Waals surface area contributed by atoms with Gasteiger partial charge in [0.05, 0.1) is 18.4 Å². The number of hydrogen-bond donors (Lipinski definition) is 0. The Morgan fingerprint density at radius 1 is 0.556 bits per heavy atom. The summed E-state index contributed by atoms with van der Waals surface area (Å²) in [5, 5.41) is 0. The van der Waals surface area contributed by atoms with E-state index in [0.29, 0.717) is 12.2 Å². The normalized spacial score (nSPS) is 11.2. The Kier molecular flexibility index (Phi) is 24.4. The fourth-order valence-corrected chi connectivity index (χ4v) is 5.05. The van der Waals surface area contributed by atoms with Gasteiger partial charge in [-0.2, -0.15) is 0 Å². The fourth-order valence-electron chi connectivity index (χ4n) is 5.05. The van der Waals surface area contributed by atoms with Crippen molar-refractivity contribution in [1.82, 2.24) is 0 Å². The first-order valence-corrected chi connectivity index (χ1v) is 16.0. The van der Waals surface area contributed by atoms with Gasteiger partial charge >= 0.3 is 5.97 Å². The van der Waals surface area contributed by atoms with E-state index in [1.54, 1.807) is 6.07 Å². The number of rotatable bonds is 28. The highest BCUT2D eigenvalue weighted by Gasteiger charge is 2.07. The summed E-state index contributed by atoms with van der Waals surface area (Å²) in [5.41, 5.74) is 0.504. The Hall–Kier alpha value is -1.25. The van der Waals surface area contributed by atoms with Crippen molar-refractivity contribution in [2.45, 2.75) is 174 Å². The van der Waals surface area contributed by atoms with E-state index in [-0.39, 0.29) is 5.97 Å². The second kappa shape index (κ2) is 26.8. The lowest BCUT2D eigenvalue weighted by molar-refractivity contribution is 0.0497. The van der Waals surface area contributed by atoms with Crippen LogP contribution in [0, 0.1) is 0 Å². The first-order valence-electron chi connectivity index (χ1n) is 16.0. The molecule has 0 aliphatic rings. The molecule has 0 spiro atoms. The molecule has 0 saturated heterocycles. The van der Waals surface area contributed by atoms with Gasteiger partial charge in [-0.1, -0.05) is 167 Å². The molecule has 0 radical (unpaired) electrons. The van der Waals surface area contributed by atoms with Gasteiger partial charge in [0.2, 0.25) is 0 Å². The van der Waals surface area contributed by atoms with Gasteiger partial charge in [0, 0.05) is 0 Å². The van der Waals surface area contributed by atoms with Crippen molar-refractivity contribution in [2.24, 2.45) is 0 Å². The highest BCUT2D eigenvalue weighted by atomic mass is 16.5. The number of hydrogen-bond acceptors (Lipinski definition) is 3. The van der Waals surface area contributed by atoms with E-state index < -0.39 is 0 Å². The van der Waals surface area contributed by atoms with Crippen LogP contribution in [0.15, 0.2) is 23.0 Å². The zero-order chi connectivity index (χ0) is 25.8. The van der Waals surface area contributed by atoms with Gasteiger partial charge in [-0.15, -0.1) is 0 Å². The van der Waals surface area contributed by atoms with Crippen LogP contribution in [0.3, 0.4) is 0 Å². The summed E-state index contributed by atoms with van der Waals surface area (Å²) in [6, 6.07) is 1.64. The summed E-state index contributed by atoms with van der Waals surface area (Å²) in [6.07, 6.45) is 39.3. The number of carbonyl (C=O) groups is 1. The molecule has 3 heteroatoms. The van der Waals surface area contributed by atoms with Crippen LogP contribution in [-0.4, -0.2) is 12.6 Å². The Bertz CT molecular complexity index is 551. The number of esters is 1. The second-order valence-electron chi connectivity index (χ2n) is 11.0. The monoisotopic (exact) mass is 504 g/mol. The maximum Gasteiger partial charge on any atom is 0.341 e. The van der Waals surface area contributed by atoms with Gasteiger partial charge in [0.25, 0.3) is 0 Å². The Labute approximate surface area is 224 Å². The third-order valence-corrected chi connectivity index (χ3v) is 7.49. The van der Waals surface area contributed by atoms with Crippen LogP contribution >= 0.6 is 0 Å². The number of furan rings is 1. The van der Waals surface area contributed by atoms with E-state index in [9.17, 15) is 4.79 Å². The van der Waals surface area contributed by atoms with E-state index in [4.69, 9.17) is 9.15 Å². The van der Waals surface area contributed by atoms with Crippen LogP contribution < -0.4 is 0 Å². The second-order valence-corrected chi connectivity index (χ2v) is 11.0. The minimum atomic E-state index is -0.275. The summed E-state index contributed by atoms with van der Waals surface area (Å²) in [7, 11) is 0. The number of ether oxygens (including phenoxy) is 1. The maximum atomic E-state index is 11.7. The lowest BCUT2D eigenvalue weighted by Crippen LogP contribution is -2.05. The van der Waals surface area contributed by atoms with Gasteiger partial charge < -0.3 is 9.15 Å². The van der Waals surface area contributed by atoms with Crippen molar-refractivity contribution in [1.29, 1.82) is 0 Å². The van der Waals surface area contributed by atoms with Gasteiger partial charge in [0.1, 0.15) is 6.26 Å². The van der Waals surface area contributed by atoms with E-state index in [2.05, 4.69) is 6.92 Å². The molecule has 0 aliphatic carbocycles. The molecule has 0 aromatic carbocycles. The lowest BCUT2D eigenvalue weighted by atomic mass is 10.0. The Balaban J connectivity index is 1.64. The van der Waals surface area contributed by atoms with Crippen LogP contribution in [0.25, 0.3) is 0 Å². The maximum absolute atomic E-state index is 11.7. The Morgan fingerprint density at radius 3 is 1.19 bits per heavy atom. The molecule has 0 bridgehead atoms. The third kappa shape index (κ3) is 22.0. The molecule has 0 aliphatic heterocycles. The minimum Gasteiger partial charge on any atom is -0.472 e. The summed E-state index contributed by atoms with van der Waals surface area (Å²) < 4.78 is 10.1. The molecule has 1 aromatic heterocycles. The van der Waals surface area contributed by atoms with Crippen molar-refractivity contribution >= 4 is 5.97 Å². The SMILES string of the molecule is CCCCCCCCCCCCCCCCCCCCCCCCCCCCOC(=O)c1ccoc1. The van der Waals surface area contributed by atoms with Crippen LogP contribution in [0.1, 0.15) is 184 Å². The fraction of sp³-hybridized carbons (Fsp3) is 0.848. The third-order valence-electron chi connectivity index (χ3n) is 7.49. The topological polar surface area (TPSA) is 39.4 Å². The quantitative estimate of drug-likeness (QED) is 0.0841. The molecule has 1 rings (SSSR count). The van der Waals surface area contributed by atoms with E-state index in [0.717, 1.165) is 12.8 Å². The van der Waals surface area contributed by atoms with Crippen molar-refractivity contribution in [3.05, 3.63) is 24.2 Å². The standard InChI is InChI=1S/C33H60O3/c1-2-3-4-5-6-7-8-9-10-11-12-13-14-15-16-17-18-19-20-21-22-23-24-25-26-27-29-36-33(34)32-28-30-35-31-32/h28,30-31H,2-27,29H2,1H3. The molecule has 0 N–H and O–H groups in total. The van der Waals surface area contributed by atoms with Gasteiger partial charge in [-0.05, 0) is 12.5 Å². The smallest absolute Gasteiger partial charge is 0.341 e. The summed E-state index contributed by atoms with van der Waals surface area (Å²) in [4.78, 5) is 11.7. The van der Waals surface area contributed by atoms with Crippen LogP contribution in [0.5, 0.6) is 0 Å². The van der Waals surface area contributed by atoms with Crippen LogP contribution in [-0.2, 0) is 4.74 Å². The highest BCUT2D eigenvalue weighted by Crippen LogP contribution is 2.16. The molecule has 0 unspecified atom stereocenters. The average molecular weight is 505 g/mol. The van der Waals surface area contributed by atoms with E-state index in [1.807, 2.05) is 0 Å². The zero-order valence-electron chi connectivity index (χ0n) is 24.0. The van der Waals surface area contributed by atoms with Crippen molar-refractivity contribution < 1.29 is 13.9 Å². The van der Waals surface area contributed by atoms with Crippen molar-refractivity contribution in [3.8, 4) is 0 Å². The summed E-state index contributed by atoms with van der Waals surface area (Å²) >= 11 is 0. The van der Waals surface area contributed by atoms with Crippen LogP contribution in [0.2, 0.25) is 0 Å². The zero-order valence-corrected chi connectivity index (χ0v) is 24.0. The molecule has 0 fully saturated rings. The average Bonchev–Trinajstić information content (AvgIpc) is 3.43. The van der Waals surface area contributed by atoms with E-state index >= 15 is 0 Å².